The summed E-state index contributed by atoms with van der Waals surface area (Å²) in [7, 11) is 0. The molecule has 6 heteroatoms. The second-order valence-electron chi connectivity index (χ2n) is 2.57. The molecule has 14 heavy (non-hydrogen) atoms. The molecule has 1 heterocycles. The van der Waals surface area contributed by atoms with Gasteiger partial charge in [-0.3, -0.25) is 0 Å². The molecule has 0 radical (unpaired) electrons. The van der Waals surface area contributed by atoms with Crippen LogP contribution in [-0.2, 0) is 12.5 Å². The van der Waals surface area contributed by atoms with E-state index >= 15 is 0 Å². The maximum Gasteiger partial charge on any atom is 0.268 e. The van der Waals surface area contributed by atoms with E-state index in [0.29, 0.717) is 0 Å². The molecule has 0 aliphatic rings. The molecule has 2 nitrogen and oxygen atoms in total. The average molecular weight is 226 g/mol. The highest BCUT2D eigenvalue weighted by atomic mass is 35.5. The predicted molar refractivity (Wildman–Crippen MR) is 44.6 cm³/mol. The molecule has 1 aromatic heterocycles. The highest BCUT2D eigenvalue weighted by Gasteiger charge is 2.17. The van der Waals surface area contributed by atoms with E-state index in [4.69, 9.17) is 16.7 Å². The summed E-state index contributed by atoms with van der Waals surface area (Å²) in [5.41, 5.74) is -0.592. The van der Waals surface area contributed by atoms with Crippen molar-refractivity contribution in [2.24, 2.45) is 0 Å². The Morgan fingerprint density at radius 2 is 2.14 bits per heavy atom. The molecule has 0 bridgehead atoms. The van der Waals surface area contributed by atoms with Crippen LogP contribution in [0, 0.1) is 5.95 Å². The van der Waals surface area contributed by atoms with Crippen molar-refractivity contribution in [1.82, 2.24) is 4.98 Å². The van der Waals surface area contributed by atoms with Crippen molar-refractivity contribution in [2.75, 3.05) is 0 Å². The number of rotatable bonds is 3. The first kappa shape index (κ1) is 11.3. The number of nitrogens with zero attached hydrogens (tertiary/aromatic N) is 1. The van der Waals surface area contributed by atoms with Crippen LogP contribution in [0.3, 0.4) is 0 Å². The lowest BCUT2D eigenvalue weighted by molar-refractivity contribution is 0.144. The number of halogens is 4. The van der Waals surface area contributed by atoms with Crippen molar-refractivity contribution in [2.45, 2.75) is 18.9 Å². The van der Waals surface area contributed by atoms with Crippen molar-refractivity contribution >= 4 is 11.6 Å². The van der Waals surface area contributed by atoms with Gasteiger partial charge in [0, 0.05) is 5.88 Å². The quantitative estimate of drug-likeness (QED) is 0.633. The minimum absolute atomic E-state index is 0.0121. The highest BCUT2D eigenvalue weighted by Crippen LogP contribution is 2.24. The third-order valence-electron chi connectivity index (χ3n) is 1.70. The molecule has 0 aromatic carbocycles. The highest BCUT2D eigenvalue weighted by molar-refractivity contribution is 6.17. The van der Waals surface area contributed by atoms with Gasteiger partial charge in [0.2, 0.25) is 5.95 Å². The standard InChI is InChI=1S/C8H7ClF3NO/c9-2-4-1-5(7(10)11)8(12)13-6(4)3-14/h1,7,14H,2-3H2. The second-order valence-corrected chi connectivity index (χ2v) is 2.83. The summed E-state index contributed by atoms with van der Waals surface area (Å²) >= 11 is 5.42. The van der Waals surface area contributed by atoms with Gasteiger partial charge in [-0.25, -0.2) is 13.8 Å². The van der Waals surface area contributed by atoms with Gasteiger partial charge in [-0.15, -0.1) is 11.6 Å². The van der Waals surface area contributed by atoms with Gasteiger partial charge in [0.25, 0.3) is 6.43 Å². The summed E-state index contributed by atoms with van der Waals surface area (Å²) in [5, 5.41) is 8.73. The van der Waals surface area contributed by atoms with Gasteiger partial charge in [0.05, 0.1) is 17.9 Å². The van der Waals surface area contributed by atoms with Crippen molar-refractivity contribution < 1.29 is 18.3 Å². The molecule has 0 saturated carbocycles. The van der Waals surface area contributed by atoms with Crippen LogP contribution in [0.1, 0.15) is 23.2 Å². The number of alkyl halides is 3. The van der Waals surface area contributed by atoms with Gasteiger partial charge in [0.15, 0.2) is 0 Å². The molecule has 0 spiro atoms. The van der Waals surface area contributed by atoms with Gasteiger partial charge < -0.3 is 5.11 Å². The fourth-order valence-corrected chi connectivity index (χ4v) is 1.22. The predicted octanol–water partition coefficient (Wildman–Crippen LogP) is 2.39. The topological polar surface area (TPSA) is 33.1 Å². The Kier molecular flexibility index (Phi) is 3.71. The molecular formula is C8H7ClF3NO. The molecule has 78 valence electrons. The zero-order chi connectivity index (χ0) is 10.7. The zero-order valence-corrected chi connectivity index (χ0v) is 7.73. The first-order chi connectivity index (χ1) is 6.60. The Morgan fingerprint density at radius 1 is 1.50 bits per heavy atom. The van der Waals surface area contributed by atoms with Crippen LogP contribution in [0.5, 0.6) is 0 Å². The summed E-state index contributed by atoms with van der Waals surface area (Å²) in [6.45, 7) is -0.525. The Labute approximate surface area is 83.3 Å². The largest absolute Gasteiger partial charge is 0.390 e. The molecule has 0 saturated heterocycles. The molecule has 0 amide bonds. The number of hydrogen-bond acceptors (Lipinski definition) is 2. The maximum atomic E-state index is 12.9. The molecule has 0 unspecified atom stereocenters. The van der Waals surface area contributed by atoms with Crippen LogP contribution in [0.4, 0.5) is 13.2 Å². The lowest BCUT2D eigenvalue weighted by Gasteiger charge is -2.07. The summed E-state index contributed by atoms with van der Waals surface area (Å²) in [6, 6.07) is 0.922. The van der Waals surface area contributed by atoms with Gasteiger partial charge in [0.1, 0.15) is 0 Å². The number of aromatic nitrogens is 1. The SMILES string of the molecule is OCc1nc(F)c(C(F)F)cc1CCl. The van der Waals surface area contributed by atoms with E-state index in [0.717, 1.165) is 6.07 Å². The van der Waals surface area contributed by atoms with Crippen molar-refractivity contribution in [3.8, 4) is 0 Å². The van der Waals surface area contributed by atoms with Gasteiger partial charge in [-0.1, -0.05) is 0 Å². The fourth-order valence-electron chi connectivity index (χ4n) is 0.991. The Morgan fingerprint density at radius 3 is 2.57 bits per heavy atom. The van der Waals surface area contributed by atoms with E-state index < -0.39 is 24.5 Å². The van der Waals surface area contributed by atoms with Crippen LogP contribution in [0.25, 0.3) is 0 Å². The minimum atomic E-state index is -2.93. The van der Waals surface area contributed by atoms with Crippen molar-refractivity contribution in [1.29, 1.82) is 0 Å². The first-order valence-corrected chi connectivity index (χ1v) is 4.26. The molecule has 0 aliphatic heterocycles. The maximum absolute atomic E-state index is 12.9. The van der Waals surface area contributed by atoms with E-state index in [1.54, 1.807) is 0 Å². The summed E-state index contributed by atoms with van der Waals surface area (Å²) in [4.78, 5) is 3.20. The molecule has 1 N–H and O–H groups in total. The van der Waals surface area contributed by atoms with E-state index in [2.05, 4.69) is 4.98 Å². The zero-order valence-electron chi connectivity index (χ0n) is 6.98. The normalized spacial score (nSPS) is 11.0. The van der Waals surface area contributed by atoms with Crippen LogP contribution < -0.4 is 0 Å². The van der Waals surface area contributed by atoms with E-state index in [9.17, 15) is 13.2 Å². The van der Waals surface area contributed by atoms with Gasteiger partial charge in [-0.2, -0.15) is 4.39 Å². The monoisotopic (exact) mass is 225 g/mol. The molecule has 0 aliphatic carbocycles. The second kappa shape index (κ2) is 4.61. The van der Waals surface area contributed by atoms with Gasteiger partial charge >= 0.3 is 0 Å². The lowest BCUT2D eigenvalue weighted by atomic mass is 10.1. The number of hydrogen-bond donors (Lipinski definition) is 1. The van der Waals surface area contributed by atoms with Crippen LogP contribution in [0.2, 0.25) is 0 Å². The van der Waals surface area contributed by atoms with Crippen molar-refractivity contribution in [3.63, 3.8) is 0 Å². The average Bonchev–Trinajstić information content (AvgIpc) is 2.16. The molecule has 0 atom stereocenters. The summed E-state index contributed by atoms with van der Waals surface area (Å²) in [6.07, 6.45) is -2.93. The van der Waals surface area contributed by atoms with Crippen LogP contribution >= 0.6 is 11.6 Å². The molecular weight excluding hydrogens is 219 g/mol. The van der Waals surface area contributed by atoms with Crippen molar-refractivity contribution in [3.05, 3.63) is 28.8 Å². The first-order valence-electron chi connectivity index (χ1n) is 3.73. The summed E-state index contributed by atoms with van der Waals surface area (Å²) < 4.78 is 37.2. The molecule has 0 fully saturated rings. The number of aliphatic hydroxyl groups is 1. The number of pyridine rings is 1. The minimum Gasteiger partial charge on any atom is -0.390 e. The van der Waals surface area contributed by atoms with E-state index in [1.165, 1.54) is 0 Å². The Bertz CT molecular complexity index is 333. The smallest absolute Gasteiger partial charge is 0.268 e. The third-order valence-corrected chi connectivity index (χ3v) is 1.99. The van der Waals surface area contributed by atoms with E-state index in [1.807, 2.05) is 0 Å². The molecule has 1 aromatic rings. The van der Waals surface area contributed by atoms with Gasteiger partial charge in [-0.05, 0) is 11.6 Å². The number of aliphatic hydroxyl groups excluding tert-OH is 1. The lowest BCUT2D eigenvalue weighted by Crippen LogP contribution is -2.03. The Balaban J connectivity index is 3.23. The van der Waals surface area contributed by atoms with E-state index in [-0.39, 0.29) is 17.1 Å². The fraction of sp³-hybridized carbons (Fsp3) is 0.375. The summed E-state index contributed by atoms with van der Waals surface area (Å²) in [5.74, 6) is -1.36. The molecule has 1 rings (SSSR count). The van der Waals surface area contributed by atoms with Crippen LogP contribution in [-0.4, -0.2) is 10.1 Å². The Hall–Kier alpha value is -0.810. The third kappa shape index (κ3) is 2.16. The van der Waals surface area contributed by atoms with Crippen LogP contribution in [0.15, 0.2) is 6.07 Å².